The summed E-state index contributed by atoms with van der Waals surface area (Å²) in [5.41, 5.74) is 11.3. The van der Waals surface area contributed by atoms with E-state index in [0.29, 0.717) is 17.1 Å². The summed E-state index contributed by atoms with van der Waals surface area (Å²) in [6.07, 6.45) is 1.89. The minimum Gasteiger partial charge on any atom is -0.509 e. The van der Waals surface area contributed by atoms with Gasteiger partial charge in [-0.1, -0.05) is 105 Å². The molecular weight excluding hydrogens is 978 g/mol. The molecule has 1 aliphatic heterocycles. The largest absolute Gasteiger partial charge is 0.509 e. The Hall–Kier alpha value is -5.78. The maximum atomic E-state index is 14.5. The molecule has 0 radical (unpaired) electrons. The minimum absolute atomic E-state index is 0. The quantitative estimate of drug-likeness (QED) is 0.142. The Labute approximate surface area is 391 Å². The smallest absolute Gasteiger partial charge is 0.135 e. The van der Waals surface area contributed by atoms with Gasteiger partial charge < -0.3 is 19.1 Å². The van der Waals surface area contributed by atoms with Crippen LogP contribution in [0.15, 0.2) is 121 Å². The maximum Gasteiger partial charge on any atom is 0.135 e. The third-order valence-electron chi connectivity index (χ3n) is 12.1. The van der Waals surface area contributed by atoms with Crippen molar-refractivity contribution in [3.8, 4) is 28.4 Å². The summed E-state index contributed by atoms with van der Waals surface area (Å²) in [5, 5.41) is 2.18. The van der Waals surface area contributed by atoms with Crippen molar-refractivity contribution in [1.82, 2.24) is 9.55 Å². The van der Waals surface area contributed by atoms with Gasteiger partial charge in [0, 0.05) is 67.4 Å². The molecule has 0 atom stereocenters. The van der Waals surface area contributed by atoms with Gasteiger partial charge in [0.1, 0.15) is 17.5 Å². The zero-order valence-corrected chi connectivity index (χ0v) is 40.3. The van der Waals surface area contributed by atoms with E-state index in [1.165, 1.54) is 17.7 Å². The van der Waals surface area contributed by atoms with Gasteiger partial charge in [-0.3, -0.25) is 0 Å². The van der Waals surface area contributed by atoms with Crippen LogP contribution in [0.3, 0.4) is 0 Å². The predicted octanol–water partition coefficient (Wildman–Crippen LogP) is 15.8. The average molecular weight is 1030 g/mol. The SMILES string of the molecule is CC(C)c1cc(-c2cc(F)cc(F)c2)cc(C(C)C)c1N1[CH-]N(c2[c-]c(Oc3[c-]c4c(cc3)c3ccccc3n4-c3cc(C(C)(C)C)ccn3)cc(C(C)(C)C)c2)c2ccccc21.[Pt]. The third kappa shape index (κ3) is 8.36. The van der Waals surface area contributed by atoms with E-state index in [2.05, 4.69) is 193 Å². The fourth-order valence-electron chi connectivity index (χ4n) is 8.65. The van der Waals surface area contributed by atoms with Crippen LogP contribution in [0, 0.1) is 30.4 Å². The van der Waals surface area contributed by atoms with Crippen molar-refractivity contribution in [2.45, 2.75) is 91.9 Å². The second-order valence-corrected chi connectivity index (χ2v) is 19.4. The maximum absolute atomic E-state index is 14.5. The van der Waals surface area contributed by atoms with Crippen molar-refractivity contribution in [3.05, 3.63) is 174 Å². The van der Waals surface area contributed by atoms with Crippen LogP contribution >= 0.6 is 0 Å². The van der Waals surface area contributed by atoms with Gasteiger partial charge in [-0.2, -0.15) is 6.07 Å². The van der Waals surface area contributed by atoms with Crippen LogP contribution in [-0.2, 0) is 31.9 Å². The van der Waals surface area contributed by atoms with Crippen LogP contribution in [0.4, 0.5) is 31.5 Å². The van der Waals surface area contributed by atoms with Gasteiger partial charge in [0.2, 0.25) is 0 Å². The summed E-state index contributed by atoms with van der Waals surface area (Å²) in [7, 11) is 0. The number of ether oxygens (including phenoxy) is 1. The number of halogens is 2. The van der Waals surface area contributed by atoms with E-state index in [9.17, 15) is 8.78 Å². The summed E-state index contributed by atoms with van der Waals surface area (Å²) < 4.78 is 38.0. The number of benzene rings is 6. The molecule has 0 aliphatic carbocycles. The molecule has 0 fully saturated rings. The van der Waals surface area contributed by atoms with E-state index in [1.54, 1.807) is 0 Å². The molecule has 0 bridgehead atoms. The second-order valence-electron chi connectivity index (χ2n) is 19.4. The van der Waals surface area contributed by atoms with Crippen LogP contribution in [0.2, 0.25) is 0 Å². The standard InChI is InChI=1S/C56H53F2N4O.Pt/c1-34(2)47-25-37(36-23-40(57)30-41(58)24-36)26-48(35(3)4)54(47)61-33-60(50-17-13-14-18-51(50)61)42-27-39(56(8,9)10)28-44(31-42)63-43-19-20-46-45-15-11-12-16-49(45)62(52(46)32-43)53-29-38(21-22-59-53)55(5,6)7;/h11-30,33-35H,1-10H3;/q-3;. The molecule has 5 nitrogen and oxygen atoms in total. The van der Waals surface area contributed by atoms with E-state index >= 15 is 0 Å². The summed E-state index contributed by atoms with van der Waals surface area (Å²) in [6, 6.07) is 44.6. The van der Waals surface area contributed by atoms with E-state index in [-0.39, 0.29) is 43.7 Å². The molecule has 0 saturated carbocycles. The first-order valence-electron chi connectivity index (χ1n) is 21.8. The van der Waals surface area contributed by atoms with Gasteiger partial charge in [-0.15, -0.1) is 53.6 Å². The van der Waals surface area contributed by atoms with Crippen molar-refractivity contribution >= 4 is 44.6 Å². The number of nitrogens with zero attached hydrogens (tertiary/aromatic N) is 4. The Morgan fingerprint density at radius 2 is 1.22 bits per heavy atom. The molecule has 2 aromatic heterocycles. The van der Waals surface area contributed by atoms with Gasteiger partial charge in [0.25, 0.3) is 0 Å². The van der Waals surface area contributed by atoms with Crippen LogP contribution in [0.5, 0.6) is 11.5 Å². The zero-order valence-electron chi connectivity index (χ0n) is 38.0. The zero-order chi connectivity index (χ0) is 44.5. The normalized spacial score (nSPS) is 13.0. The fraction of sp³-hybridized carbons (Fsp3) is 0.250. The monoisotopic (exact) mass is 1030 g/mol. The molecule has 0 unspecified atom stereocenters. The molecule has 0 N–H and O–H groups in total. The molecule has 6 aromatic carbocycles. The van der Waals surface area contributed by atoms with Crippen LogP contribution < -0.4 is 14.5 Å². The van der Waals surface area contributed by atoms with Crippen LogP contribution in [-0.4, -0.2) is 9.55 Å². The van der Waals surface area contributed by atoms with Gasteiger partial charge in [0.05, 0.1) is 0 Å². The van der Waals surface area contributed by atoms with Gasteiger partial charge >= 0.3 is 0 Å². The Balaban J connectivity index is 0.00000560. The first-order valence-corrected chi connectivity index (χ1v) is 21.8. The number of aromatic nitrogens is 2. The average Bonchev–Trinajstić information content (AvgIpc) is 3.78. The second kappa shape index (κ2) is 17.0. The minimum atomic E-state index is -0.596. The van der Waals surface area contributed by atoms with Gasteiger partial charge in [-0.05, 0) is 110 Å². The number of hydrogen-bond donors (Lipinski definition) is 0. The summed E-state index contributed by atoms with van der Waals surface area (Å²) in [4.78, 5) is 9.30. The van der Waals surface area contributed by atoms with Crippen LogP contribution in [0.1, 0.15) is 103 Å². The van der Waals surface area contributed by atoms with Crippen molar-refractivity contribution in [2.24, 2.45) is 0 Å². The Morgan fingerprint density at radius 3 is 1.86 bits per heavy atom. The number of anilines is 4. The van der Waals surface area contributed by atoms with Crippen molar-refractivity contribution in [2.75, 3.05) is 9.80 Å². The van der Waals surface area contributed by atoms with Crippen molar-refractivity contribution in [1.29, 1.82) is 0 Å². The number of hydrogen-bond acceptors (Lipinski definition) is 4. The molecule has 1 aliphatic rings. The summed E-state index contributed by atoms with van der Waals surface area (Å²) >= 11 is 0. The van der Waals surface area contributed by atoms with E-state index in [0.717, 1.165) is 78.7 Å². The molecule has 0 amide bonds. The number of rotatable bonds is 8. The molecule has 8 aromatic rings. The molecule has 330 valence electrons. The molecule has 0 saturated heterocycles. The molecule has 3 heterocycles. The molecule has 8 heteroatoms. The summed E-state index contributed by atoms with van der Waals surface area (Å²) in [5.74, 6) is 0.991. The topological polar surface area (TPSA) is 33.5 Å². The Morgan fingerprint density at radius 1 is 0.609 bits per heavy atom. The van der Waals surface area contributed by atoms with Gasteiger partial charge in [0.15, 0.2) is 0 Å². The summed E-state index contributed by atoms with van der Waals surface area (Å²) in [6.45, 7) is 24.0. The first kappa shape index (κ1) is 44.8. The van der Waals surface area contributed by atoms with Crippen molar-refractivity contribution < 1.29 is 34.6 Å². The number of para-hydroxylation sites is 3. The predicted molar refractivity (Wildman–Crippen MR) is 255 cm³/mol. The Kier molecular flexibility index (Phi) is 11.9. The molecular formula is C56H53F2N4OPt-3. The number of pyridine rings is 1. The van der Waals surface area contributed by atoms with E-state index in [1.807, 2.05) is 12.3 Å². The molecule has 9 rings (SSSR count). The fourth-order valence-corrected chi connectivity index (χ4v) is 8.65. The Bertz CT molecular complexity index is 3000. The van der Waals surface area contributed by atoms with Crippen LogP contribution in [0.25, 0.3) is 38.8 Å². The first-order chi connectivity index (χ1) is 29.9. The number of fused-ring (bicyclic) bond motifs is 4. The molecule has 0 spiro atoms. The van der Waals surface area contributed by atoms with Crippen molar-refractivity contribution in [3.63, 3.8) is 0 Å². The third-order valence-corrected chi connectivity index (χ3v) is 12.1. The van der Waals surface area contributed by atoms with Gasteiger partial charge in [-0.25, -0.2) is 13.8 Å². The molecule has 64 heavy (non-hydrogen) atoms. The van der Waals surface area contributed by atoms with E-state index in [4.69, 9.17) is 9.72 Å². The van der Waals surface area contributed by atoms with E-state index < -0.39 is 11.6 Å².